The van der Waals surface area contributed by atoms with Gasteiger partial charge < -0.3 is 0 Å². The van der Waals surface area contributed by atoms with Crippen LogP contribution < -0.4 is 0 Å². The Morgan fingerprint density at radius 1 is 0.643 bits per heavy atom. The molecule has 204 valence electrons. The first kappa shape index (κ1) is 25.0. The van der Waals surface area contributed by atoms with Crippen LogP contribution in [0.3, 0.4) is 0 Å². The van der Waals surface area contributed by atoms with Gasteiger partial charge in [-0.25, -0.2) is 9.97 Å². The first-order valence-corrected chi connectivity index (χ1v) is 15.3. The first-order chi connectivity index (χ1) is 20.8. The van der Waals surface area contributed by atoms with Gasteiger partial charge >= 0.3 is 0 Å². The number of hydrogen-bond donors (Lipinski definition) is 0. The second-order valence-corrected chi connectivity index (χ2v) is 11.6. The Morgan fingerprint density at radius 3 is 2.19 bits per heavy atom. The van der Waals surface area contributed by atoms with Gasteiger partial charge in [0, 0.05) is 40.6 Å². The molecule has 0 bridgehead atoms. The van der Waals surface area contributed by atoms with Crippen molar-refractivity contribution in [1.29, 1.82) is 0 Å². The van der Waals surface area contributed by atoms with E-state index in [1.54, 1.807) is 0 Å². The molecule has 1 saturated carbocycles. The van der Waals surface area contributed by atoms with Crippen LogP contribution >= 0.6 is 0 Å². The Balaban J connectivity index is 1.35. The van der Waals surface area contributed by atoms with Crippen LogP contribution in [0.5, 0.6) is 0 Å². The molecule has 0 aliphatic heterocycles. The predicted molar refractivity (Wildman–Crippen MR) is 174 cm³/mol. The van der Waals surface area contributed by atoms with Crippen LogP contribution in [0.25, 0.3) is 56.3 Å². The highest BCUT2D eigenvalue weighted by Gasteiger charge is 2.25. The van der Waals surface area contributed by atoms with Crippen molar-refractivity contribution in [2.45, 2.75) is 44.4 Å². The molecule has 0 N–H and O–H groups in total. The number of nitrogens with zero attached hydrogens (tertiary/aromatic N) is 3. The van der Waals surface area contributed by atoms with E-state index in [0.717, 1.165) is 29.3 Å². The van der Waals surface area contributed by atoms with E-state index in [4.69, 9.17) is 9.97 Å². The van der Waals surface area contributed by atoms with Crippen LogP contribution in [0.15, 0.2) is 115 Å². The van der Waals surface area contributed by atoms with Crippen molar-refractivity contribution in [1.82, 2.24) is 14.5 Å². The lowest BCUT2D eigenvalue weighted by atomic mass is 9.88. The van der Waals surface area contributed by atoms with Gasteiger partial charge in [0.25, 0.3) is 0 Å². The Morgan fingerprint density at radius 2 is 1.38 bits per heavy atom. The van der Waals surface area contributed by atoms with Crippen molar-refractivity contribution in [2.24, 2.45) is 0 Å². The molecule has 1 fully saturated rings. The summed E-state index contributed by atoms with van der Waals surface area (Å²) in [6, 6.07) is 39.2. The molecule has 0 saturated heterocycles. The number of para-hydroxylation sites is 1. The molecular formula is C39H33N3. The highest BCUT2D eigenvalue weighted by Crippen LogP contribution is 2.42. The summed E-state index contributed by atoms with van der Waals surface area (Å²) >= 11 is 0. The van der Waals surface area contributed by atoms with E-state index in [0.29, 0.717) is 5.92 Å². The normalized spacial score (nSPS) is 14.9. The fourth-order valence-electron chi connectivity index (χ4n) is 6.95. The van der Waals surface area contributed by atoms with Crippen molar-refractivity contribution in [3.63, 3.8) is 0 Å². The zero-order valence-electron chi connectivity index (χ0n) is 23.7. The van der Waals surface area contributed by atoms with Crippen LogP contribution in [0.1, 0.15) is 55.1 Å². The number of aromatic nitrogens is 3. The number of benzene rings is 4. The first-order valence-electron chi connectivity index (χ1n) is 15.3. The van der Waals surface area contributed by atoms with Gasteiger partial charge in [0.2, 0.25) is 0 Å². The second kappa shape index (κ2) is 10.6. The van der Waals surface area contributed by atoms with Crippen molar-refractivity contribution in [3.05, 3.63) is 132 Å². The van der Waals surface area contributed by atoms with E-state index >= 15 is 0 Å². The topological polar surface area (TPSA) is 30.7 Å². The smallest absolute Gasteiger partial charge is 0.141 e. The maximum absolute atomic E-state index is 5.35. The fraction of sp³-hybridized carbons (Fsp3) is 0.179. The van der Waals surface area contributed by atoms with Gasteiger partial charge in [-0.15, -0.1) is 0 Å². The fourth-order valence-corrected chi connectivity index (χ4v) is 6.95. The molecule has 2 aliphatic rings. The zero-order valence-corrected chi connectivity index (χ0v) is 23.7. The summed E-state index contributed by atoms with van der Waals surface area (Å²) < 4.78 is 2.41. The van der Waals surface area contributed by atoms with E-state index in [1.165, 1.54) is 76.5 Å². The monoisotopic (exact) mass is 543 g/mol. The third-order valence-electron chi connectivity index (χ3n) is 9.01. The maximum atomic E-state index is 5.35. The summed E-state index contributed by atoms with van der Waals surface area (Å²) in [5, 5.41) is 1.27. The van der Waals surface area contributed by atoms with Crippen LogP contribution in [-0.2, 0) is 6.42 Å². The second-order valence-electron chi connectivity index (χ2n) is 11.6. The lowest BCUT2D eigenvalue weighted by Crippen LogP contribution is -2.12. The minimum Gasteiger partial charge on any atom is -0.297 e. The Kier molecular flexibility index (Phi) is 6.29. The minimum atomic E-state index is 0.415. The molecule has 2 aliphatic carbocycles. The van der Waals surface area contributed by atoms with Gasteiger partial charge in [0.15, 0.2) is 0 Å². The van der Waals surface area contributed by atoms with Crippen molar-refractivity contribution in [3.8, 4) is 39.3 Å². The van der Waals surface area contributed by atoms with E-state index in [-0.39, 0.29) is 0 Å². The van der Waals surface area contributed by atoms with E-state index in [9.17, 15) is 0 Å². The molecule has 0 radical (unpaired) electrons. The van der Waals surface area contributed by atoms with Gasteiger partial charge in [-0.05, 0) is 47.2 Å². The van der Waals surface area contributed by atoms with Crippen LogP contribution in [0, 0.1) is 0 Å². The summed E-state index contributed by atoms with van der Waals surface area (Å²) in [5.41, 5.74) is 11.0. The summed E-state index contributed by atoms with van der Waals surface area (Å²) in [4.78, 5) is 10.5. The van der Waals surface area contributed by atoms with Crippen molar-refractivity contribution >= 4 is 17.0 Å². The van der Waals surface area contributed by atoms with Gasteiger partial charge in [0.1, 0.15) is 11.6 Å². The number of rotatable bonds is 4. The zero-order chi connectivity index (χ0) is 27.9. The molecule has 4 aromatic carbocycles. The van der Waals surface area contributed by atoms with Crippen molar-refractivity contribution in [2.75, 3.05) is 0 Å². The molecule has 8 rings (SSSR count). The Bertz CT molecular complexity index is 1930. The predicted octanol–water partition coefficient (Wildman–Crippen LogP) is 10.0. The van der Waals surface area contributed by atoms with Gasteiger partial charge in [-0.2, -0.15) is 0 Å². The van der Waals surface area contributed by atoms with Crippen LogP contribution in [0.2, 0.25) is 0 Å². The molecule has 2 heterocycles. The SMILES string of the molecule is C1=Cc2cc(-c3ccccc3)ccc2-c2c(n(-c3cc(-c4ccccc4)nc(C4CCCCC4)n3)c3ccccc23)C1. The largest absolute Gasteiger partial charge is 0.297 e. The van der Waals surface area contributed by atoms with Gasteiger partial charge in [-0.3, -0.25) is 4.57 Å². The average Bonchev–Trinajstić information content (AvgIpc) is 3.27. The highest BCUT2D eigenvalue weighted by atomic mass is 15.1. The molecule has 0 amide bonds. The summed E-state index contributed by atoms with van der Waals surface area (Å²) in [6.45, 7) is 0. The molecule has 6 aromatic rings. The average molecular weight is 544 g/mol. The molecule has 0 atom stereocenters. The van der Waals surface area contributed by atoms with Gasteiger partial charge in [-0.1, -0.05) is 122 Å². The number of allylic oxidation sites excluding steroid dienone is 1. The summed E-state index contributed by atoms with van der Waals surface area (Å²) in [6.07, 6.45) is 11.6. The molecular weight excluding hydrogens is 510 g/mol. The molecule has 0 spiro atoms. The van der Waals surface area contributed by atoms with Crippen LogP contribution in [0.4, 0.5) is 0 Å². The Labute approximate surface area is 247 Å². The van der Waals surface area contributed by atoms with Crippen molar-refractivity contribution < 1.29 is 0 Å². The molecule has 2 aromatic heterocycles. The summed E-state index contributed by atoms with van der Waals surface area (Å²) in [5.74, 6) is 2.38. The quantitative estimate of drug-likeness (QED) is 0.221. The Hall–Kier alpha value is -4.76. The molecule has 3 nitrogen and oxygen atoms in total. The lowest BCUT2D eigenvalue weighted by molar-refractivity contribution is 0.428. The molecule has 42 heavy (non-hydrogen) atoms. The standard InChI is InChI=1S/C39H33N3/c1-4-13-27(14-5-1)30-23-24-32-31(25-30)19-12-22-36-38(32)33-20-10-11-21-35(33)42(36)37-26-34(28-15-6-2-7-16-28)40-39(41-37)29-17-8-3-9-18-29/h1-2,4-7,10-16,19-21,23-26,29H,3,8-9,17-18,22H2. The number of fused-ring (bicyclic) bond motifs is 5. The highest BCUT2D eigenvalue weighted by molar-refractivity contribution is 6.02. The number of hydrogen-bond acceptors (Lipinski definition) is 2. The molecule has 3 heteroatoms. The lowest BCUT2D eigenvalue weighted by Gasteiger charge is -2.22. The van der Waals surface area contributed by atoms with Gasteiger partial charge in [0.05, 0.1) is 11.2 Å². The minimum absolute atomic E-state index is 0.415. The third kappa shape index (κ3) is 4.37. The maximum Gasteiger partial charge on any atom is 0.141 e. The van der Waals surface area contributed by atoms with E-state index < -0.39 is 0 Å². The summed E-state index contributed by atoms with van der Waals surface area (Å²) in [7, 11) is 0. The molecule has 0 unspecified atom stereocenters. The van der Waals surface area contributed by atoms with E-state index in [2.05, 4.69) is 126 Å². The van der Waals surface area contributed by atoms with E-state index in [1.807, 2.05) is 0 Å². The third-order valence-corrected chi connectivity index (χ3v) is 9.01. The van der Waals surface area contributed by atoms with Crippen LogP contribution in [-0.4, -0.2) is 14.5 Å².